The number of carbonyl (C=O) groups is 2. The minimum absolute atomic E-state index is 0.0773. The van der Waals surface area contributed by atoms with Crippen molar-refractivity contribution in [2.75, 3.05) is 40.5 Å². The highest BCUT2D eigenvalue weighted by Gasteiger charge is 2.46. The second-order valence-corrected chi connectivity index (χ2v) is 6.21. The molecule has 2 rings (SSSR count). The molecule has 0 spiro atoms. The predicted molar refractivity (Wildman–Crippen MR) is 91.2 cm³/mol. The lowest BCUT2D eigenvalue weighted by molar-refractivity contribution is -0.151. The molecule has 1 atom stereocenters. The summed E-state index contributed by atoms with van der Waals surface area (Å²) in [5, 5.41) is 9.54. The fraction of sp³-hybridized carbons (Fsp3) is 0.556. The van der Waals surface area contributed by atoms with E-state index in [0.29, 0.717) is 36.6 Å². The van der Waals surface area contributed by atoms with Gasteiger partial charge in [-0.1, -0.05) is 6.92 Å². The molecule has 1 aromatic rings. The van der Waals surface area contributed by atoms with Crippen LogP contribution in [-0.4, -0.2) is 62.4 Å². The van der Waals surface area contributed by atoms with Crippen LogP contribution in [-0.2, 0) is 9.53 Å². The van der Waals surface area contributed by atoms with E-state index in [9.17, 15) is 14.7 Å². The first-order valence-electron chi connectivity index (χ1n) is 8.30. The van der Waals surface area contributed by atoms with Crippen LogP contribution < -0.4 is 9.47 Å². The molecular weight excluding hydrogens is 326 g/mol. The maximum Gasteiger partial charge on any atom is 0.313 e. The van der Waals surface area contributed by atoms with Crippen molar-refractivity contribution in [3.05, 3.63) is 23.8 Å². The van der Waals surface area contributed by atoms with E-state index in [4.69, 9.17) is 14.2 Å². The molecule has 1 saturated heterocycles. The van der Waals surface area contributed by atoms with E-state index < -0.39 is 11.4 Å². The monoisotopic (exact) mass is 351 g/mol. The van der Waals surface area contributed by atoms with Gasteiger partial charge in [-0.15, -0.1) is 0 Å². The summed E-state index contributed by atoms with van der Waals surface area (Å²) in [4.78, 5) is 26.1. The average molecular weight is 351 g/mol. The van der Waals surface area contributed by atoms with Crippen LogP contribution in [0.3, 0.4) is 0 Å². The van der Waals surface area contributed by atoms with E-state index in [-0.39, 0.29) is 19.1 Å². The van der Waals surface area contributed by atoms with E-state index >= 15 is 0 Å². The molecule has 0 bridgehead atoms. The van der Waals surface area contributed by atoms with Crippen molar-refractivity contribution in [3.63, 3.8) is 0 Å². The van der Waals surface area contributed by atoms with Gasteiger partial charge in [-0.2, -0.15) is 0 Å². The Kier molecular flexibility index (Phi) is 6.25. The Morgan fingerprint density at radius 3 is 2.68 bits per heavy atom. The van der Waals surface area contributed by atoms with Crippen molar-refractivity contribution < 1.29 is 28.9 Å². The van der Waals surface area contributed by atoms with Gasteiger partial charge in [0.2, 0.25) is 0 Å². The van der Waals surface area contributed by atoms with Gasteiger partial charge in [0.15, 0.2) is 0 Å². The van der Waals surface area contributed by atoms with Crippen molar-refractivity contribution in [2.24, 2.45) is 5.41 Å². The highest BCUT2D eigenvalue weighted by Crippen LogP contribution is 2.34. The number of carboxylic acid groups (broad SMARTS) is 1. The number of hydrogen-bond acceptors (Lipinski definition) is 5. The molecular formula is C18H25NO6. The van der Waals surface area contributed by atoms with Crippen LogP contribution in [0.4, 0.5) is 0 Å². The van der Waals surface area contributed by atoms with Gasteiger partial charge in [-0.25, -0.2) is 0 Å². The summed E-state index contributed by atoms with van der Waals surface area (Å²) in [5.74, 6) is -0.135. The lowest BCUT2D eigenvalue weighted by Crippen LogP contribution is -2.40. The Morgan fingerprint density at radius 2 is 2.08 bits per heavy atom. The summed E-state index contributed by atoms with van der Waals surface area (Å²) in [6.07, 6.45) is 1.17. The average Bonchev–Trinajstić information content (AvgIpc) is 3.05. The van der Waals surface area contributed by atoms with Gasteiger partial charge >= 0.3 is 5.97 Å². The van der Waals surface area contributed by atoms with Gasteiger partial charge in [0.25, 0.3) is 5.91 Å². The van der Waals surface area contributed by atoms with Crippen LogP contribution in [0, 0.1) is 5.41 Å². The van der Waals surface area contributed by atoms with Gasteiger partial charge in [-0.05, 0) is 25.0 Å². The van der Waals surface area contributed by atoms with Crippen molar-refractivity contribution in [1.29, 1.82) is 0 Å². The summed E-state index contributed by atoms with van der Waals surface area (Å²) in [6, 6.07) is 5.03. The summed E-state index contributed by atoms with van der Waals surface area (Å²) < 4.78 is 16.0. The Bertz CT molecular complexity index is 632. The molecule has 1 N–H and O–H groups in total. The third-order valence-electron chi connectivity index (χ3n) is 4.40. The molecule has 7 heteroatoms. The van der Waals surface area contributed by atoms with Crippen LogP contribution in [0.5, 0.6) is 11.5 Å². The van der Waals surface area contributed by atoms with Crippen molar-refractivity contribution in [2.45, 2.75) is 19.8 Å². The van der Waals surface area contributed by atoms with E-state index in [1.54, 1.807) is 30.2 Å². The highest BCUT2D eigenvalue weighted by atomic mass is 16.5. The first kappa shape index (κ1) is 19.1. The molecule has 1 aliphatic rings. The fourth-order valence-electron chi connectivity index (χ4n) is 2.98. The minimum atomic E-state index is -1.05. The molecule has 0 saturated carbocycles. The number of nitrogens with zero attached hydrogens (tertiary/aromatic N) is 1. The van der Waals surface area contributed by atoms with Crippen molar-refractivity contribution >= 4 is 11.9 Å². The maximum absolute atomic E-state index is 12.9. The molecule has 0 aromatic heterocycles. The van der Waals surface area contributed by atoms with Crippen LogP contribution in [0.15, 0.2) is 18.2 Å². The molecule has 1 heterocycles. The van der Waals surface area contributed by atoms with E-state index in [1.807, 2.05) is 6.92 Å². The number of ether oxygens (including phenoxy) is 3. The lowest BCUT2D eigenvalue weighted by atomic mass is 9.88. The quantitative estimate of drug-likeness (QED) is 0.771. The van der Waals surface area contributed by atoms with Gasteiger partial charge in [0.05, 0.1) is 25.9 Å². The number of methoxy groups -OCH3 is 2. The third-order valence-corrected chi connectivity index (χ3v) is 4.40. The smallest absolute Gasteiger partial charge is 0.313 e. The largest absolute Gasteiger partial charge is 0.497 e. The van der Waals surface area contributed by atoms with E-state index in [0.717, 1.165) is 6.42 Å². The molecule has 25 heavy (non-hydrogen) atoms. The van der Waals surface area contributed by atoms with E-state index in [1.165, 1.54) is 7.11 Å². The molecule has 1 fully saturated rings. The number of hydrogen-bond donors (Lipinski definition) is 1. The zero-order valence-corrected chi connectivity index (χ0v) is 14.9. The molecule has 1 amide bonds. The minimum Gasteiger partial charge on any atom is -0.497 e. The Balaban J connectivity index is 2.24. The summed E-state index contributed by atoms with van der Waals surface area (Å²) >= 11 is 0. The second-order valence-electron chi connectivity index (χ2n) is 6.21. The molecule has 0 aliphatic carbocycles. The molecule has 7 nitrogen and oxygen atoms in total. The number of amides is 1. The fourth-order valence-corrected chi connectivity index (χ4v) is 2.98. The van der Waals surface area contributed by atoms with Crippen LogP contribution in [0.1, 0.15) is 30.1 Å². The molecule has 1 aromatic carbocycles. The Morgan fingerprint density at radius 1 is 1.32 bits per heavy atom. The van der Waals surface area contributed by atoms with Crippen molar-refractivity contribution in [1.82, 2.24) is 4.90 Å². The Labute approximate surface area is 147 Å². The molecule has 0 radical (unpaired) electrons. The first-order valence-corrected chi connectivity index (χ1v) is 8.30. The number of aliphatic carboxylic acids is 1. The number of carbonyl (C=O) groups excluding carboxylic acids is 1. The molecule has 138 valence electrons. The standard InChI is InChI=1S/C18H25NO6/c1-4-9-25-15-10-13(24-3)5-6-14(15)16(20)19-8-7-18(11-19,12-23-2)17(21)22/h5-6,10H,4,7-9,11-12H2,1-3H3,(H,21,22). The number of carboxylic acids is 1. The van der Waals surface area contributed by atoms with Gasteiger partial charge in [0, 0.05) is 26.3 Å². The van der Waals surface area contributed by atoms with Crippen LogP contribution in [0.2, 0.25) is 0 Å². The zero-order chi connectivity index (χ0) is 18.4. The van der Waals surface area contributed by atoms with Crippen LogP contribution >= 0.6 is 0 Å². The maximum atomic E-state index is 12.9. The highest BCUT2D eigenvalue weighted by molar-refractivity contribution is 5.98. The van der Waals surface area contributed by atoms with Gasteiger partial charge in [0.1, 0.15) is 16.9 Å². The third kappa shape index (κ3) is 4.04. The number of rotatable bonds is 8. The predicted octanol–water partition coefficient (Wildman–Crippen LogP) is 2.05. The zero-order valence-electron chi connectivity index (χ0n) is 14.9. The number of likely N-dealkylation sites (tertiary alicyclic amines) is 1. The van der Waals surface area contributed by atoms with E-state index in [2.05, 4.69) is 0 Å². The lowest BCUT2D eigenvalue weighted by Gasteiger charge is -2.24. The van der Waals surface area contributed by atoms with Gasteiger partial charge < -0.3 is 24.2 Å². The van der Waals surface area contributed by atoms with Crippen LogP contribution in [0.25, 0.3) is 0 Å². The first-order chi connectivity index (χ1) is 12.0. The SMILES string of the molecule is CCCOc1cc(OC)ccc1C(=O)N1CCC(COC)(C(=O)O)C1. The van der Waals surface area contributed by atoms with Crippen molar-refractivity contribution in [3.8, 4) is 11.5 Å². The summed E-state index contributed by atoms with van der Waals surface area (Å²) in [6.45, 7) is 3.03. The van der Waals surface area contributed by atoms with Gasteiger partial charge in [-0.3, -0.25) is 9.59 Å². The topological polar surface area (TPSA) is 85.3 Å². The second kappa shape index (κ2) is 8.20. The molecule has 1 aliphatic heterocycles. The summed E-state index contributed by atoms with van der Waals surface area (Å²) in [5.41, 5.74) is -0.644. The number of benzene rings is 1. The Hall–Kier alpha value is -2.28. The summed E-state index contributed by atoms with van der Waals surface area (Å²) in [7, 11) is 3.02. The normalized spacial score (nSPS) is 19.7. The molecule has 1 unspecified atom stereocenters.